The third kappa shape index (κ3) is 3.56. The van der Waals surface area contributed by atoms with Crippen LogP contribution in [0.15, 0.2) is 40.9 Å². The first-order valence-corrected chi connectivity index (χ1v) is 9.77. The lowest BCUT2D eigenvalue weighted by Gasteiger charge is -2.31. The first-order valence-electron chi connectivity index (χ1n) is 9.77. The maximum absolute atomic E-state index is 13.2. The molecule has 1 N–H and O–H groups in total. The van der Waals surface area contributed by atoms with E-state index in [2.05, 4.69) is 15.2 Å². The fraction of sp³-hybridized carbons (Fsp3) is 0.333. The maximum atomic E-state index is 13.2. The van der Waals surface area contributed by atoms with Gasteiger partial charge in [0, 0.05) is 17.7 Å². The minimum Gasteiger partial charge on any atom is -0.415 e. The van der Waals surface area contributed by atoms with E-state index in [1.807, 2.05) is 0 Å². The average molecular weight is 430 g/mol. The quantitative estimate of drug-likeness (QED) is 0.642. The molecular weight excluding hydrogens is 413 g/mol. The van der Waals surface area contributed by atoms with E-state index in [1.54, 1.807) is 17.0 Å². The predicted octanol–water partition coefficient (Wildman–Crippen LogP) is 3.68. The molecule has 1 aliphatic carbocycles. The first kappa shape index (κ1) is 19.7. The van der Waals surface area contributed by atoms with E-state index >= 15 is 0 Å². The van der Waals surface area contributed by atoms with Crippen molar-refractivity contribution >= 4 is 5.91 Å². The molecule has 7 nitrogen and oxygen atoms in total. The second-order valence-corrected chi connectivity index (χ2v) is 7.73. The van der Waals surface area contributed by atoms with Gasteiger partial charge >= 0.3 is 6.43 Å². The summed E-state index contributed by atoms with van der Waals surface area (Å²) in [5, 5.41) is 17.9. The van der Waals surface area contributed by atoms with Gasteiger partial charge in [-0.15, -0.1) is 10.2 Å². The highest BCUT2D eigenvalue weighted by atomic mass is 19.3. The highest BCUT2D eigenvalue weighted by molar-refractivity contribution is 5.99. The van der Waals surface area contributed by atoms with Gasteiger partial charge in [0.25, 0.3) is 11.8 Å². The number of hydrogen-bond donors (Lipinski definition) is 1. The third-order valence-corrected chi connectivity index (χ3v) is 5.66. The minimum absolute atomic E-state index is 0.0985. The van der Waals surface area contributed by atoms with Gasteiger partial charge in [-0.1, -0.05) is 6.07 Å². The molecule has 1 fully saturated rings. The normalized spacial score (nSPS) is 17.8. The van der Waals surface area contributed by atoms with Crippen LogP contribution in [0.4, 0.5) is 13.2 Å². The molecular formula is C21H17F3N4O3. The number of aliphatic hydroxyl groups is 1. The standard InChI is InChI=1S/C21H17F3N4O3/c22-13-5-6-15(25-8-13)17(29)16(10-1-2-10)28-9-12-4-3-11(7-14(12)21(28)30)19-26-27-20(31-19)18(23)24/h3-8,10,16-18,29H,1-2,9H2. The summed E-state index contributed by atoms with van der Waals surface area (Å²) in [6, 6.07) is 7.00. The molecule has 3 aromatic rings. The summed E-state index contributed by atoms with van der Waals surface area (Å²) in [6.45, 7) is 0.292. The molecule has 5 rings (SSSR count). The fourth-order valence-electron chi connectivity index (χ4n) is 3.99. The van der Waals surface area contributed by atoms with Crippen LogP contribution in [0.5, 0.6) is 0 Å². The molecule has 0 radical (unpaired) electrons. The van der Waals surface area contributed by atoms with Gasteiger partial charge in [0.2, 0.25) is 5.89 Å². The maximum Gasteiger partial charge on any atom is 0.314 e. The Morgan fingerprint density at radius 3 is 2.61 bits per heavy atom. The van der Waals surface area contributed by atoms with Crippen molar-refractivity contribution in [3.05, 3.63) is 65.1 Å². The Morgan fingerprint density at radius 2 is 1.97 bits per heavy atom. The monoisotopic (exact) mass is 430 g/mol. The largest absolute Gasteiger partial charge is 0.415 e. The van der Waals surface area contributed by atoms with Crippen LogP contribution in [-0.2, 0) is 6.54 Å². The number of aromatic nitrogens is 3. The van der Waals surface area contributed by atoms with Crippen LogP contribution in [-0.4, -0.2) is 37.1 Å². The van der Waals surface area contributed by atoms with Crippen LogP contribution < -0.4 is 0 Å². The molecule has 2 aliphatic rings. The summed E-state index contributed by atoms with van der Waals surface area (Å²) in [5.41, 5.74) is 1.79. The summed E-state index contributed by atoms with van der Waals surface area (Å²) in [5.74, 6) is -1.56. The van der Waals surface area contributed by atoms with Crippen molar-refractivity contribution in [1.82, 2.24) is 20.1 Å². The number of hydrogen-bond acceptors (Lipinski definition) is 6. The molecule has 3 heterocycles. The Morgan fingerprint density at radius 1 is 1.16 bits per heavy atom. The Hall–Kier alpha value is -3.27. The van der Waals surface area contributed by atoms with Gasteiger partial charge < -0.3 is 14.4 Å². The lowest BCUT2D eigenvalue weighted by Crippen LogP contribution is -2.41. The zero-order valence-corrected chi connectivity index (χ0v) is 16.1. The molecule has 10 heteroatoms. The predicted molar refractivity (Wildman–Crippen MR) is 100 cm³/mol. The number of rotatable bonds is 6. The number of aliphatic hydroxyl groups excluding tert-OH is 1. The summed E-state index contributed by atoms with van der Waals surface area (Å²) < 4.78 is 43.7. The van der Waals surface area contributed by atoms with Gasteiger partial charge in [0.15, 0.2) is 0 Å². The van der Waals surface area contributed by atoms with Crippen molar-refractivity contribution in [2.75, 3.05) is 0 Å². The first-order chi connectivity index (χ1) is 14.9. The number of fused-ring (bicyclic) bond motifs is 1. The molecule has 2 unspecified atom stereocenters. The van der Waals surface area contributed by atoms with Crippen molar-refractivity contribution in [2.24, 2.45) is 5.92 Å². The summed E-state index contributed by atoms with van der Waals surface area (Å²) in [7, 11) is 0. The van der Waals surface area contributed by atoms with Crippen LogP contribution >= 0.6 is 0 Å². The Labute approximate surface area is 174 Å². The van der Waals surface area contributed by atoms with Crippen molar-refractivity contribution in [2.45, 2.75) is 38.0 Å². The van der Waals surface area contributed by atoms with Gasteiger partial charge in [-0.2, -0.15) is 8.78 Å². The zero-order chi connectivity index (χ0) is 21.7. The van der Waals surface area contributed by atoms with Crippen molar-refractivity contribution in [3.8, 4) is 11.5 Å². The van der Waals surface area contributed by atoms with Crippen LogP contribution in [0.1, 0.15) is 52.9 Å². The molecule has 1 aromatic carbocycles. The van der Waals surface area contributed by atoms with E-state index in [9.17, 15) is 23.1 Å². The number of carbonyl (C=O) groups excluding carboxylic acids is 1. The molecule has 0 saturated heterocycles. The van der Waals surface area contributed by atoms with Crippen LogP contribution in [0, 0.1) is 11.7 Å². The van der Waals surface area contributed by atoms with Gasteiger partial charge in [-0.3, -0.25) is 9.78 Å². The summed E-state index contributed by atoms with van der Waals surface area (Å²) in [4.78, 5) is 18.8. The molecule has 2 aromatic heterocycles. The third-order valence-electron chi connectivity index (χ3n) is 5.66. The number of halogens is 3. The molecule has 1 amide bonds. The highest BCUT2D eigenvalue weighted by Gasteiger charge is 2.45. The Kier molecular flexibility index (Phi) is 4.73. The molecule has 31 heavy (non-hydrogen) atoms. The van der Waals surface area contributed by atoms with E-state index in [1.165, 1.54) is 18.2 Å². The Balaban J connectivity index is 1.43. The molecule has 160 valence electrons. The van der Waals surface area contributed by atoms with Gasteiger partial charge in [-0.25, -0.2) is 4.39 Å². The topological polar surface area (TPSA) is 92.4 Å². The van der Waals surface area contributed by atoms with E-state index in [0.717, 1.165) is 24.6 Å². The van der Waals surface area contributed by atoms with Crippen molar-refractivity contribution in [3.63, 3.8) is 0 Å². The van der Waals surface area contributed by atoms with E-state index in [4.69, 9.17) is 4.42 Å². The van der Waals surface area contributed by atoms with Crippen molar-refractivity contribution in [1.29, 1.82) is 0 Å². The number of alkyl halides is 2. The number of benzene rings is 1. The lowest BCUT2D eigenvalue weighted by molar-refractivity contribution is 0.0276. The number of amides is 1. The highest BCUT2D eigenvalue weighted by Crippen LogP contribution is 2.43. The van der Waals surface area contributed by atoms with Gasteiger partial charge in [0.1, 0.15) is 11.9 Å². The van der Waals surface area contributed by atoms with Gasteiger partial charge in [0.05, 0.1) is 17.9 Å². The molecule has 0 spiro atoms. The Bertz CT molecular complexity index is 1130. The fourth-order valence-corrected chi connectivity index (χ4v) is 3.99. The number of pyridine rings is 1. The van der Waals surface area contributed by atoms with E-state index < -0.39 is 30.3 Å². The van der Waals surface area contributed by atoms with Crippen LogP contribution in [0.2, 0.25) is 0 Å². The second-order valence-electron chi connectivity index (χ2n) is 7.73. The SMILES string of the molecule is O=C1c2cc(-c3nnc(C(F)F)o3)ccc2CN1C(C1CC1)C(O)c1ccc(F)cn1. The molecule has 0 bridgehead atoms. The average Bonchev–Trinajstić information content (AvgIpc) is 3.36. The summed E-state index contributed by atoms with van der Waals surface area (Å²) in [6.07, 6.45) is -1.17. The second kappa shape index (κ2) is 7.45. The molecule has 1 aliphatic heterocycles. The lowest BCUT2D eigenvalue weighted by atomic mass is 10.0. The van der Waals surface area contributed by atoms with Gasteiger partial charge in [-0.05, 0) is 48.6 Å². The number of carbonyl (C=O) groups is 1. The van der Waals surface area contributed by atoms with Crippen LogP contribution in [0.3, 0.4) is 0 Å². The van der Waals surface area contributed by atoms with E-state index in [-0.39, 0.29) is 17.7 Å². The molecule has 2 atom stereocenters. The zero-order valence-electron chi connectivity index (χ0n) is 16.1. The summed E-state index contributed by atoms with van der Waals surface area (Å²) >= 11 is 0. The smallest absolute Gasteiger partial charge is 0.314 e. The molecule has 1 saturated carbocycles. The number of nitrogens with zero attached hydrogens (tertiary/aromatic N) is 4. The van der Waals surface area contributed by atoms with E-state index in [0.29, 0.717) is 23.4 Å². The van der Waals surface area contributed by atoms with Crippen molar-refractivity contribution < 1.29 is 27.5 Å². The minimum atomic E-state index is -2.88. The van der Waals surface area contributed by atoms with Crippen LogP contribution in [0.25, 0.3) is 11.5 Å².